The normalized spacial score (nSPS) is 11.9. The molecule has 0 saturated carbocycles. The zero-order valence-electron chi connectivity index (χ0n) is 9.04. The molecule has 0 radical (unpaired) electrons. The molecule has 1 atom stereocenters. The van der Waals surface area contributed by atoms with E-state index < -0.39 is 0 Å². The number of rotatable bonds is 6. The van der Waals surface area contributed by atoms with Gasteiger partial charge >= 0.3 is 11.9 Å². The number of hydrogen-bond donors (Lipinski definition) is 0. The van der Waals surface area contributed by atoms with Crippen molar-refractivity contribution in [2.45, 2.75) is 33.1 Å². The zero-order chi connectivity index (χ0) is 11.0. The van der Waals surface area contributed by atoms with Crippen molar-refractivity contribution >= 4 is 11.9 Å². The van der Waals surface area contributed by atoms with Crippen LogP contribution in [0, 0.1) is 5.92 Å². The smallest absolute Gasteiger partial charge is 0.305 e. The number of carbonyl (C=O) groups is 2. The molecule has 14 heavy (non-hydrogen) atoms. The molecular formula is C10H18O4. The van der Waals surface area contributed by atoms with Gasteiger partial charge in [0.15, 0.2) is 0 Å². The second kappa shape index (κ2) is 7.35. The molecule has 0 heterocycles. The second-order valence-electron chi connectivity index (χ2n) is 3.38. The first-order valence-corrected chi connectivity index (χ1v) is 4.76. The van der Waals surface area contributed by atoms with Crippen LogP contribution in [0.1, 0.15) is 33.1 Å². The molecule has 0 aliphatic carbocycles. The molecular weight excluding hydrogens is 184 g/mol. The van der Waals surface area contributed by atoms with Crippen molar-refractivity contribution in [3.05, 3.63) is 0 Å². The van der Waals surface area contributed by atoms with E-state index in [0.717, 1.165) is 12.8 Å². The highest BCUT2D eigenvalue weighted by molar-refractivity contribution is 5.69. The summed E-state index contributed by atoms with van der Waals surface area (Å²) in [4.78, 5) is 21.2. The van der Waals surface area contributed by atoms with Gasteiger partial charge in [0.1, 0.15) is 0 Å². The molecule has 0 spiro atoms. The third-order valence-corrected chi connectivity index (χ3v) is 1.88. The number of hydrogen-bond acceptors (Lipinski definition) is 4. The lowest BCUT2D eigenvalue weighted by Crippen LogP contribution is -2.10. The summed E-state index contributed by atoms with van der Waals surface area (Å²) < 4.78 is 9.34. The van der Waals surface area contributed by atoms with Gasteiger partial charge in [-0.3, -0.25) is 9.59 Å². The fourth-order valence-corrected chi connectivity index (χ4v) is 1.04. The molecule has 0 N–H and O–H groups in total. The molecule has 4 nitrogen and oxygen atoms in total. The molecule has 0 bridgehead atoms. The van der Waals surface area contributed by atoms with Gasteiger partial charge in [0.2, 0.25) is 0 Å². The summed E-state index contributed by atoms with van der Waals surface area (Å²) in [5.74, 6) is -0.155. The Morgan fingerprint density at radius 2 is 2.00 bits per heavy atom. The van der Waals surface area contributed by atoms with Crippen LogP contribution in [0.2, 0.25) is 0 Å². The van der Waals surface area contributed by atoms with Gasteiger partial charge in [-0.2, -0.15) is 0 Å². The Kier molecular flexibility index (Phi) is 6.80. The van der Waals surface area contributed by atoms with E-state index in [1.54, 1.807) is 0 Å². The summed E-state index contributed by atoms with van der Waals surface area (Å²) in [6.45, 7) is 3.80. The predicted molar refractivity (Wildman–Crippen MR) is 51.7 cm³/mol. The predicted octanol–water partition coefficient (Wildman–Crippen LogP) is 1.53. The molecule has 0 aliphatic rings. The molecule has 0 aromatic carbocycles. The Hall–Kier alpha value is -1.06. The average molecular weight is 202 g/mol. The molecule has 0 aromatic heterocycles. The first-order valence-electron chi connectivity index (χ1n) is 4.76. The van der Waals surface area contributed by atoms with Gasteiger partial charge in [0, 0.05) is 13.3 Å². The Labute approximate surface area is 84.6 Å². The fraction of sp³-hybridized carbons (Fsp3) is 0.800. The van der Waals surface area contributed by atoms with Crippen molar-refractivity contribution < 1.29 is 19.1 Å². The van der Waals surface area contributed by atoms with Gasteiger partial charge < -0.3 is 9.47 Å². The summed E-state index contributed by atoms with van der Waals surface area (Å²) in [5, 5.41) is 0. The van der Waals surface area contributed by atoms with Crippen LogP contribution < -0.4 is 0 Å². The van der Waals surface area contributed by atoms with Gasteiger partial charge in [-0.25, -0.2) is 0 Å². The van der Waals surface area contributed by atoms with E-state index >= 15 is 0 Å². The van der Waals surface area contributed by atoms with Gasteiger partial charge in [0.25, 0.3) is 0 Å². The van der Waals surface area contributed by atoms with Crippen LogP contribution in [-0.4, -0.2) is 25.7 Å². The third-order valence-electron chi connectivity index (χ3n) is 1.88. The summed E-state index contributed by atoms with van der Waals surface area (Å²) in [6, 6.07) is 0. The zero-order valence-corrected chi connectivity index (χ0v) is 9.04. The van der Waals surface area contributed by atoms with Crippen LogP contribution >= 0.6 is 0 Å². The molecule has 0 fully saturated rings. The highest BCUT2D eigenvalue weighted by Crippen LogP contribution is 2.08. The fourth-order valence-electron chi connectivity index (χ4n) is 1.04. The first-order chi connectivity index (χ1) is 6.56. The summed E-state index contributed by atoms with van der Waals surface area (Å²) in [6.07, 6.45) is 2.07. The van der Waals surface area contributed by atoms with Gasteiger partial charge in [0.05, 0.1) is 13.7 Å². The molecule has 0 aliphatic heterocycles. The summed E-state index contributed by atoms with van der Waals surface area (Å²) in [7, 11) is 1.38. The lowest BCUT2D eigenvalue weighted by atomic mass is 10.1. The van der Waals surface area contributed by atoms with Crippen LogP contribution in [0.4, 0.5) is 0 Å². The second-order valence-corrected chi connectivity index (χ2v) is 3.38. The number of methoxy groups -OCH3 is 1. The number of ether oxygens (including phenoxy) is 2. The third kappa shape index (κ3) is 7.58. The lowest BCUT2D eigenvalue weighted by molar-refractivity contribution is -0.143. The van der Waals surface area contributed by atoms with Crippen molar-refractivity contribution in [3.63, 3.8) is 0 Å². The largest absolute Gasteiger partial charge is 0.469 e. The van der Waals surface area contributed by atoms with Gasteiger partial charge in [-0.15, -0.1) is 0 Å². The van der Waals surface area contributed by atoms with Crippen LogP contribution in [0.15, 0.2) is 0 Å². The van der Waals surface area contributed by atoms with E-state index in [1.807, 2.05) is 6.92 Å². The average Bonchev–Trinajstić information content (AvgIpc) is 2.14. The van der Waals surface area contributed by atoms with Crippen LogP contribution in [-0.2, 0) is 19.1 Å². The molecule has 0 rings (SSSR count). The molecule has 4 heteroatoms. The topological polar surface area (TPSA) is 52.6 Å². The van der Waals surface area contributed by atoms with E-state index in [-0.39, 0.29) is 11.9 Å². The lowest BCUT2D eigenvalue weighted by Gasteiger charge is -2.10. The van der Waals surface area contributed by atoms with Gasteiger partial charge in [-0.05, 0) is 18.8 Å². The maximum absolute atomic E-state index is 10.8. The monoisotopic (exact) mass is 202 g/mol. The highest BCUT2D eigenvalue weighted by Gasteiger charge is 2.06. The van der Waals surface area contributed by atoms with Crippen LogP contribution in [0.5, 0.6) is 0 Å². The molecule has 0 aromatic rings. The molecule has 82 valence electrons. The Bertz CT molecular complexity index is 189. The number of esters is 2. The van der Waals surface area contributed by atoms with Crippen LogP contribution in [0.25, 0.3) is 0 Å². The van der Waals surface area contributed by atoms with Crippen molar-refractivity contribution in [3.8, 4) is 0 Å². The van der Waals surface area contributed by atoms with E-state index in [9.17, 15) is 9.59 Å². The standard InChI is InChI=1S/C10H18O4/c1-8(7-14-9(2)11)5-4-6-10(12)13-3/h8H,4-7H2,1-3H3. The van der Waals surface area contributed by atoms with Crippen molar-refractivity contribution in [1.29, 1.82) is 0 Å². The molecule has 1 unspecified atom stereocenters. The minimum absolute atomic E-state index is 0.190. The Morgan fingerprint density at radius 1 is 1.36 bits per heavy atom. The Morgan fingerprint density at radius 3 is 2.50 bits per heavy atom. The van der Waals surface area contributed by atoms with Crippen molar-refractivity contribution in [2.75, 3.05) is 13.7 Å². The molecule has 0 amide bonds. The van der Waals surface area contributed by atoms with E-state index in [1.165, 1.54) is 14.0 Å². The van der Waals surface area contributed by atoms with Crippen molar-refractivity contribution in [1.82, 2.24) is 0 Å². The van der Waals surface area contributed by atoms with E-state index in [2.05, 4.69) is 4.74 Å². The van der Waals surface area contributed by atoms with E-state index in [4.69, 9.17) is 4.74 Å². The first kappa shape index (κ1) is 12.9. The maximum Gasteiger partial charge on any atom is 0.305 e. The highest BCUT2D eigenvalue weighted by atomic mass is 16.5. The van der Waals surface area contributed by atoms with Crippen molar-refractivity contribution in [2.24, 2.45) is 5.92 Å². The quantitative estimate of drug-likeness (QED) is 0.613. The number of carbonyl (C=O) groups excluding carboxylic acids is 2. The molecule has 0 saturated heterocycles. The maximum atomic E-state index is 10.8. The SMILES string of the molecule is COC(=O)CCCC(C)COC(C)=O. The minimum Gasteiger partial charge on any atom is -0.469 e. The van der Waals surface area contributed by atoms with E-state index in [0.29, 0.717) is 18.9 Å². The summed E-state index contributed by atoms with van der Waals surface area (Å²) >= 11 is 0. The Balaban J connectivity index is 3.39. The summed E-state index contributed by atoms with van der Waals surface area (Å²) in [5.41, 5.74) is 0. The van der Waals surface area contributed by atoms with Gasteiger partial charge in [-0.1, -0.05) is 6.92 Å². The van der Waals surface area contributed by atoms with Crippen LogP contribution in [0.3, 0.4) is 0 Å². The minimum atomic E-state index is -0.259.